The van der Waals surface area contributed by atoms with Gasteiger partial charge in [-0.05, 0) is 50.5 Å². The zero-order chi connectivity index (χ0) is 17.9. The third-order valence-corrected chi connectivity index (χ3v) is 4.62. The number of halogens is 1. The summed E-state index contributed by atoms with van der Waals surface area (Å²) in [5, 5.41) is 0.645. The number of amides is 2. The molecule has 1 aliphatic heterocycles. The Morgan fingerprint density at radius 1 is 1.29 bits per heavy atom. The number of likely N-dealkylation sites (tertiary alicyclic amines) is 1. The van der Waals surface area contributed by atoms with Crippen molar-refractivity contribution in [2.45, 2.75) is 32.8 Å². The molecule has 24 heavy (non-hydrogen) atoms. The van der Waals surface area contributed by atoms with Crippen LogP contribution >= 0.6 is 11.6 Å². The first-order chi connectivity index (χ1) is 11.3. The van der Waals surface area contributed by atoms with Crippen molar-refractivity contribution < 1.29 is 14.3 Å². The Hall–Kier alpha value is -1.75. The third-order valence-electron chi connectivity index (χ3n) is 4.39. The van der Waals surface area contributed by atoms with Crippen LogP contribution in [0.5, 0.6) is 5.75 Å². The first-order valence-corrected chi connectivity index (χ1v) is 8.60. The molecule has 1 aromatic rings. The van der Waals surface area contributed by atoms with Crippen molar-refractivity contribution >= 4 is 23.4 Å². The van der Waals surface area contributed by atoms with Gasteiger partial charge in [0.1, 0.15) is 5.75 Å². The molecule has 132 valence electrons. The molecule has 6 heteroatoms. The number of piperidine rings is 1. The second-order valence-corrected chi connectivity index (χ2v) is 6.94. The molecule has 2 rings (SSSR count). The maximum Gasteiger partial charge on any atom is 0.263 e. The predicted molar refractivity (Wildman–Crippen MR) is 94.3 cm³/mol. The van der Waals surface area contributed by atoms with Gasteiger partial charge in [-0.15, -0.1) is 0 Å². The van der Waals surface area contributed by atoms with Crippen LogP contribution in [-0.2, 0) is 9.59 Å². The van der Waals surface area contributed by atoms with E-state index in [0.717, 1.165) is 5.56 Å². The molecular weight excluding hydrogens is 328 g/mol. The molecule has 5 nitrogen and oxygen atoms in total. The predicted octanol–water partition coefficient (Wildman–Crippen LogP) is 2.74. The summed E-state index contributed by atoms with van der Waals surface area (Å²) in [6.45, 7) is 4.84. The molecule has 0 saturated carbocycles. The molecule has 1 heterocycles. The maximum absolute atomic E-state index is 12.6. The molecule has 1 unspecified atom stereocenters. The largest absolute Gasteiger partial charge is 0.481 e. The summed E-state index contributed by atoms with van der Waals surface area (Å²) in [5.74, 6) is 0.778. The minimum Gasteiger partial charge on any atom is -0.481 e. The van der Waals surface area contributed by atoms with E-state index in [9.17, 15) is 9.59 Å². The molecule has 1 saturated heterocycles. The zero-order valence-electron chi connectivity index (χ0n) is 14.7. The molecule has 0 bridgehead atoms. The Balaban J connectivity index is 1.91. The van der Waals surface area contributed by atoms with Crippen molar-refractivity contribution in [3.05, 3.63) is 28.8 Å². The van der Waals surface area contributed by atoms with E-state index < -0.39 is 6.10 Å². The van der Waals surface area contributed by atoms with Crippen LogP contribution in [0.3, 0.4) is 0 Å². The lowest BCUT2D eigenvalue weighted by molar-refractivity contribution is -0.143. The average molecular weight is 353 g/mol. The number of hydrogen-bond donors (Lipinski definition) is 0. The molecule has 1 atom stereocenters. The molecule has 0 radical (unpaired) electrons. The molecule has 2 amide bonds. The molecule has 1 fully saturated rings. The minimum atomic E-state index is -0.564. The number of hydrogen-bond acceptors (Lipinski definition) is 3. The van der Waals surface area contributed by atoms with Gasteiger partial charge in [0.25, 0.3) is 5.91 Å². The lowest BCUT2D eigenvalue weighted by Gasteiger charge is -2.34. The Bertz CT molecular complexity index is 610. The first kappa shape index (κ1) is 18.6. The molecule has 0 spiro atoms. The van der Waals surface area contributed by atoms with Crippen LogP contribution in [-0.4, -0.2) is 54.9 Å². The van der Waals surface area contributed by atoms with Gasteiger partial charge in [0.15, 0.2) is 6.10 Å². The number of ether oxygens (including phenoxy) is 1. The van der Waals surface area contributed by atoms with Crippen molar-refractivity contribution in [2.75, 3.05) is 27.2 Å². The Labute approximate surface area is 148 Å². The van der Waals surface area contributed by atoms with Crippen molar-refractivity contribution in [3.63, 3.8) is 0 Å². The van der Waals surface area contributed by atoms with E-state index in [1.54, 1.807) is 43.0 Å². The van der Waals surface area contributed by atoms with Crippen LogP contribution in [0.15, 0.2) is 18.2 Å². The fourth-order valence-corrected chi connectivity index (χ4v) is 3.18. The van der Waals surface area contributed by atoms with E-state index in [-0.39, 0.29) is 17.7 Å². The standard InChI is InChI=1S/C18H25ClN2O3/c1-12-11-15(19)5-6-16(12)24-13(2)17(22)21-9-7-14(8-10-21)18(23)20(3)4/h5-6,11,13-14H,7-10H2,1-4H3. The molecule has 0 aliphatic carbocycles. The highest BCUT2D eigenvalue weighted by molar-refractivity contribution is 6.30. The van der Waals surface area contributed by atoms with E-state index in [0.29, 0.717) is 36.7 Å². The SMILES string of the molecule is Cc1cc(Cl)ccc1OC(C)C(=O)N1CCC(C(=O)N(C)C)CC1. The van der Waals surface area contributed by atoms with Gasteiger partial charge in [-0.1, -0.05) is 11.6 Å². The monoisotopic (exact) mass is 352 g/mol. The fourth-order valence-electron chi connectivity index (χ4n) is 2.95. The van der Waals surface area contributed by atoms with E-state index in [2.05, 4.69) is 0 Å². The van der Waals surface area contributed by atoms with E-state index in [1.165, 1.54) is 0 Å². The van der Waals surface area contributed by atoms with Gasteiger partial charge in [0.05, 0.1) is 0 Å². The number of aryl methyl sites for hydroxylation is 1. The van der Waals surface area contributed by atoms with Crippen LogP contribution < -0.4 is 4.74 Å². The van der Waals surface area contributed by atoms with E-state index in [4.69, 9.17) is 16.3 Å². The number of nitrogens with zero attached hydrogens (tertiary/aromatic N) is 2. The summed E-state index contributed by atoms with van der Waals surface area (Å²) in [6.07, 6.45) is 0.844. The topological polar surface area (TPSA) is 49.9 Å². The van der Waals surface area contributed by atoms with Crippen molar-refractivity contribution in [1.82, 2.24) is 9.80 Å². The Morgan fingerprint density at radius 2 is 1.92 bits per heavy atom. The van der Waals surface area contributed by atoms with Gasteiger partial charge in [-0.2, -0.15) is 0 Å². The van der Waals surface area contributed by atoms with Gasteiger partial charge in [0, 0.05) is 38.1 Å². The fraction of sp³-hybridized carbons (Fsp3) is 0.556. The van der Waals surface area contributed by atoms with Gasteiger partial charge >= 0.3 is 0 Å². The summed E-state index contributed by atoms with van der Waals surface area (Å²) in [5.41, 5.74) is 0.900. The van der Waals surface area contributed by atoms with Gasteiger partial charge in [-0.3, -0.25) is 9.59 Å². The first-order valence-electron chi connectivity index (χ1n) is 8.22. The smallest absolute Gasteiger partial charge is 0.263 e. The van der Waals surface area contributed by atoms with E-state index >= 15 is 0 Å². The van der Waals surface area contributed by atoms with Gasteiger partial charge in [-0.25, -0.2) is 0 Å². The van der Waals surface area contributed by atoms with Crippen LogP contribution in [0.1, 0.15) is 25.3 Å². The van der Waals surface area contributed by atoms with Gasteiger partial charge in [0.2, 0.25) is 5.91 Å². The Kier molecular flexibility index (Phi) is 6.10. The van der Waals surface area contributed by atoms with Crippen molar-refractivity contribution in [3.8, 4) is 5.75 Å². The lowest BCUT2D eigenvalue weighted by Crippen LogP contribution is -2.47. The molecule has 1 aliphatic rings. The zero-order valence-corrected chi connectivity index (χ0v) is 15.5. The third kappa shape index (κ3) is 4.41. The summed E-state index contributed by atoms with van der Waals surface area (Å²) >= 11 is 5.94. The second-order valence-electron chi connectivity index (χ2n) is 6.50. The average Bonchev–Trinajstić information content (AvgIpc) is 2.56. The minimum absolute atomic E-state index is 0.0128. The Morgan fingerprint density at radius 3 is 2.46 bits per heavy atom. The van der Waals surface area contributed by atoms with Crippen molar-refractivity contribution in [1.29, 1.82) is 0 Å². The molecule has 1 aromatic carbocycles. The highest BCUT2D eigenvalue weighted by Crippen LogP contribution is 2.24. The number of carbonyl (C=O) groups excluding carboxylic acids is 2. The van der Waals surface area contributed by atoms with Crippen LogP contribution in [0.25, 0.3) is 0 Å². The second kappa shape index (κ2) is 7.88. The van der Waals surface area contributed by atoms with Crippen LogP contribution in [0.4, 0.5) is 0 Å². The highest BCUT2D eigenvalue weighted by atomic mass is 35.5. The lowest BCUT2D eigenvalue weighted by atomic mass is 9.95. The number of rotatable bonds is 4. The van der Waals surface area contributed by atoms with Gasteiger partial charge < -0.3 is 14.5 Å². The molecule has 0 aromatic heterocycles. The number of carbonyl (C=O) groups is 2. The summed E-state index contributed by atoms with van der Waals surface area (Å²) in [6, 6.07) is 5.34. The molecule has 0 N–H and O–H groups in total. The maximum atomic E-state index is 12.6. The van der Waals surface area contributed by atoms with E-state index in [1.807, 2.05) is 13.0 Å². The molecular formula is C18H25ClN2O3. The van der Waals surface area contributed by atoms with Crippen molar-refractivity contribution in [2.24, 2.45) is 5.92 Å². The highest BCUT2D eigenvalue weighted by Gasteiger charge is 2.30. The quantitative estimate of drug-likeness (QED) is 0.837. The summed E-state index contributed by atoms with van der Waals surface area (Å²) in [4.78, 5) is 28.0. The van der Waals surface area contributed by atoms with Crippen LogP contribution in [0.2, 0.25) is 5.02 Å². The summed E-state index contributed by atoms with van der Waals surface area (Å²) < 4.78 is 5.80. The normalized spacial score (nSPS) is 16.6. The van der Waals surface area contributed by atoms with Crippen LogP contribution in [0, 0.1) is 12.8 Å². The summed E-state index contributed by atoms with van der Waals surface area (Å²) in [7, 11) is 3.54. The number of benzene rings is 1.